The molecule has 1 amide bonds. The lowest BCUT2D eigenvalue weighted by atomic mass is 10.2. The molecule has 1 saturated carbocycles. The van der Waals surface area contributed by atoms with Crippen LogP contribution in [-0.2, 0) is 4.79 Å². The minimum atomic E-state index is -0.0443. The van der Waals surface area contributed by atoms with Crippen LogP contribution < -0.4 is 5.32 Å². The van der Waals surface area contributed by atoms with Gasteiger partial charge >= 0.3 is 0 Å². The summed E-state index contributed by atoms with van der Waals surface area (Å²) in [5, 5.41) is 9.57. The van der Waals surface area contributed by atoms with Gasteiger partial charge in [-0.25, -0.2) is 4.98 Å². The van der Waals surface area contributed by atoms with Gasteiger partial charge < -0.3 is 9.84 Å². The summed E-state index contributed by atoms with van der Waals surface area (Å²) >= 11 is 1.45. The van der Waals surface area contributed by atoms with Gasteiger partial charge in [0.1, 0.15) is 0 Å². The van der Waals surface area contributed by atoms with Crippen LogP contribution in [0.1, 0.15) is 55.1 Å². The van der Waals surface area contributed by atoms with Crippen molar-refractivity contribution in [2.24, 2.45) is 0 Å². The largest absolute Gasteiger partial charge is 0.339 e. The van der Waals surface area contributed by atoms with Gasteiger partial charge in [0.15, 0.2) is 11.0 Å². The average Bonchev–Trinajstić information content (AvgIpc) is 2.91. The molecule has 23 heavy (non-hydrogen) atoms. The van der Waals surface area contributed by atoms with E-state index < -0.39 is 0 Å². The lowest BCUT2D eigenvalue weighted by molar-refractivity contribution is -0.117. The van der Waals surface area contributed by atoms with Gasteiger partial charge in [-0.1, -0.05) is 5.16 Å². The highest BCUT2D eigenvalue weighted by molar-refractivity contribution is 7.13. The fraction of sp³-hybridized carbons (Fsp3) is 0.600. The van der Waals surface area contributed by atoms with Crippen LogP contribution in [0.2, 0.25) is 0 Å². The highest BCUT2D eigenvalue weighted by Gasteiger charge is 2.34. The lowest BCUT2D eigenvalue weighted by Gasteiger charge is -2.20. The summed E-state index contributed by atoms with van der Waals surface area (Å²) in [6.45, 7) is 3.12. The maximum absolute atomic E-state index is 12.2. The summed E-state index contributed by atoms with van der Waals surface area (Å²) in [5.74, 6) is 1.90. The molecule has 1 N–H and O–H groups in total. The smallest absolute Gasteiger partial charge is 0.240 e. The first kappa shape index (κ1) is 14.8. The van der Waals surface area contributed by atoms with Gasteiger partial charge in [-0.3, -0.25) is 9.69 Å². The van der Waals surface area contributed by atoms with Crippen LogP contribution in [0.3, 0.4) is 0 Å². The molecule has 7 nitrogen and oxygen atoms in total. The summed E-state index contributed by atoms with van der Waals surface area (Å²) < 4.78 is 5.36. The Morgan fingerprint density at radius 2 is 2.30 bits per heavy atom. The molecule has 1 saturated heterocycles. The monoisotopic (exact) mass is 333 g/mol. The normalized spacial score (nSPS) is 21.7. The van der Waals surface area contributed by atoms with Crippen molar-refractivity contribution in [1.82, 2.24) is 20.0 Å². The fourth-order valence-corrected chi connectivity index (χ4v) is 3.65. The van der Waals surface area contributed by atoms with Crippen LogP contribution in [-0.4, -0.2) is 39.0 Å². The minimum Gasteiger partial charge on any atom is -0.339 e. The van der Waals surface area contributed by atoms with E-state index >= 15 is 0 Å². The predicted octanol–water partition coefficient (Wildman–Crippen LogP) is 2.49. The number of hydrogen-bond acceptors (Lipinski definition) is 7. The Balaban J connectivity index is 1.39. The Bertz CT molecular complexity index is 708. The molecule has 8 heteroatoms. The predicted molar refractivity (Wildman–Crippen MR) is 85.3 cm³/mol. The molecule has 1 atom stereocenters. The van der Waals surface area contributed by atoms with Crippen molar-refractivity contribution in [3.05, 3.63) is 22.8 Å². The lowest BCUT2D eigenvalue weighted by Crippen LogP contribution is -2.33. The Hall–Kier alpha value is -1.80. The first-order valence-corrected chi connectivity index (χ1v) is 8.86. The standard InChI is InChI=1S/C15H19N5O2S/c1-9-8-23-15(16-9)17-12(21)7-20-6-2-3-11(20)13-18-14(22-19-13)10-4-5-10/h8,10-11H,2-7H2,1H3,(H,16,17,21)/t11-/m0/s1. The molecule has 2 fully saturated rings. The molecule has 3 heterocycles. The van der Waals surface area contributed by atoms with Crippen LogP contribution in [0.4, 0.5) is 5.13 Å². The van der Waals surface area contributed by atoms with Gasteiger partial charge in [-0.05, 0) is 39.2 Å². The van der Waals surface area contributed by atoms with Gasteiger partial charge in [0.05, 0.1) is 18.3 Å². The number of carbonyl (C=O) groups excluding carboxylic acids is 1. The molecule has 0 spiro atoms. The topological polar surface area (TPSA) is 84.2 Å². The first-order chi connectivity index (χ1) is 11.2. The second-order valence-corrected chi connectivity index (χ2v) is 7.09. The van der Waals surface area contributed by atoms with Crippen molar-refractivity contribution in [2.45, 2.75) is 44.6 Å². The summed E-state index contributed by atoms with van der Waals surface area (Å²) in [7, 11) is 0. The number of aryl methyl sites for hydroxylation is 1. The molecule has 0 unspecified atom stereocenters. The van der Waals surface area contributed by atoms with E-state index in [1.54, 1.807) is 0 Å². The molecule has 0 bridgehead atoms. The molecule has 2 aromatic rings. The highest BCUT2D eigenvalue weighted by Crippen LogP contribution is 2.40. The summed E-state index contributed by atoms with van der Waals surface area (Å²) in [5.41, 5.74) is 0.920. The maximum atomic E-state index is 12.2. The SMILES string of the molecule is Cc1csc(NC(=O)CN2CCC[C@H]2c2noc(C3CC3)n2)n1. The number of thiazole rings is 1. The number of likely N-dealkylation sites (tertiary alicyclic amines) is 1. The number of anilines is 1. The van der Waals surface area contributed by atoms with E-state index in [-0.39, 0.29) is 11.9 Å². The number of carbonyl (C=O) groups is 1. The summed E-state index contributed by atoms with van der Waals surface area (Å²) in [6.07, 6.45) is 4.30. The zero-order valence-corrected chi connectivity index (χ0v) is 13.8. The van der Waals surface area contributed by atoms with E-state index in [4.69, 9.17) is 4.52 Å². The highest BCUT2D eigenvalue weighted by atomic mass is 32.1. The van der Waals surface area contributed by atoms with E-state index in [1.807, 2.05) is 12.3 Å². The quantitative estimate of drug-likeness (QED) is 0.905. The van der Waals surface area contributed by atoms with Gasteiger partial charge in [-0.15, -0.1) is 11.3 Å². The Labute approximate surface area is 138 Å². The number of rotatable bonds is 5. The van der Waals surface area contributed by atoms with Gasteiger partial charge in [0.2, 0.25) is 11.8 Å². The summed E-state index contributed by atoms with van der Waals surface area (Å²) in [6, 6.07) is 0.0787. The van der Waals surface area contributed by atoms with E-state index in [0.29, 0.717) is 17.6 Å². The van der Waals surface area contributed by atoms with Gasteiger partial charge in [0, 0.05) is 11.3 Å². The third-order valence-corrected chi connectivity index (χ3v) is 5.13. The second-order valence-electron chi connectivity index (χ2n) is 6.24. The number of amides is 1. The van der Waals surface area contributed by atoms with Crippen LogP contribution in [0, 0.1) is 6.92 Å². The first-order valence-electron chi connectivity index (χ1n) is 7.98. The van der Waals surface area contributed by atoms with Crippen molar-refractivity contribution in [3.8, 4) is 0 Å². The molecular weight excluding hydrogens is 314 g/mol. The van der Waals surface area contributed by atoms with E-state index in [9.17, 15) is 4.79 Å². The molecule has 1 aliphatic heterocycles. The minimum absolute atomic E-state index is 0.0443. The van der Waals surface area contributed by atoms with Crippen LogP contribution in [0.15, 0.2) is 9.90 Å². The van der Waals surface area contributed by atoms with Crippen LogP contribution >= 0.6 is 11.3 Å². The number of nitrogens with one attached hydrogen (secondary N) is 1. The van der Waals surface area contributed by atoms with Gasteiger partial charge in [0.25, 0.3) is 0 Å². The molecule has 2 aliphatic rings. The van der Waals surface area contributed by atoms with Crippen molar-refractivity contribution in [2.75, 3.05) is 18.4 Å². The molecule has 1 aliphatic carbocycles. The molecule has 2 aromatic heterocycles. The molecule has 122 valence electrons. The van der Waals surface area contributed by atoms with Crippen molar-refractivity contribution in [3.63, 3.8) is 0 Å². The maximum Gasteiger partial charge on any atom is 0.240 e. The summed E-state index contributed by atoms with van der Waals surface area (Å²) in [4.78, 5) is 23.1. The second kappa shape index (κ2) is 6.01. The van der Waals surface area contributed by atoms with Crippen molar-refractivity contribution in [1.29, 1.82) is 0 Å². The van der Waals surface area contributed by atoms with Crippen molar-refractivity contribution < 1.29 is 9.32 Å². The Morgan fingerprint density at radius 3 is 3.04 bits per heavy atom. The van der Waals surface area contributed by atoms with E-state index in [0.717, 1.165) is 49.6 Å². The molecule has 0 aromatic carbocycles. The van der Waals surface area contributed by atoms with Gasteiger partial charge in [-0.2, -0.15) is 4.98 Å². The average molecular weight is 333 g/mol. The molecule has 0 radical (unpaired) electrons. The van der Waals surface area contributed by atoms with E-state index in [2.05, 4.69) is 25.3 Å². The molecular formula is C15H19N5O2S. The third kappa shape index (κ3) is 3.28. The zero-order chi connectivity index (χ0) is 15.8. The zero-order valence-electron chi connectivity index (χ0n) is 13.0. The Morgan fingerprint density at radius 1 is 1.43 bits per heavy atom. The van der Waals surface area contributed by atoms with Crippen LogP contribution in [0.5, 0.6) is 0 Å². The van der Waals surface area contributed by atoms with Crippen LogP contribution in [0.25, 0.3) is 0 Å². The number of nitrogens with zero attached hydrogens (tertiary/aromatic N) is 4. The van der Waals surface area contributed by atoms with Crippen molar-refractivity contribution >= 4 is 22.4 Å². The molecule has 4 rings (SSSR count). The number of hydrogen-bond donors (Lipinski definition) is 1. The number of aromatic nitrogens is 3. The fourth-order valence-electron chi connectivity index (χ4n) is 2.94. The third-order valence-electron chi connectivity index (χ3n) is 4.26. The Kier molecular flexibility index (Phi) is 3.86. The van der Waals surface area contributed by atoms with E-state index in [1.165, 1.54) is 11.3 Å².